The van der Waals surface area contributed by atoms with E-state index in [2.05, 4.69) is 18.4 Å². The number of benzene rings is 1. The third kappa shape index (κ3) is 3.28. The van der Waals surface area contributed by atoms with Gasteiger partial charge in [-0.05, 0) is 43.0 Å². The van der Waals surface area contributed by atoms with Crippen molar-refractivity contribution in [1.82, 2.24) is 0 Å². The molecule has 1 unspecified atom stereocenters. The Kier molecular flexibility index (Phi) is 4.82. The number of hydrogen-bond donors (Lipinski definition) is 1. The molecule has 3 nitrogen and oxygen atoms in total. The molecule has 0 aliphatic heterocycles. The van der Waals surface area contributed by atoms with E-state index >= 15 is 0 Å². The SMILES string of the molecule is CCOc1ccccc1OC(CN)c1sccc1C. The lowest BCUT2D eigenvalue weighted by atomic mass is 10.2. The van der Waals surface area contributed by atoms with Crippen LogP contribution in [0.2, 0.25) is 0 Å². The van der Waals surface area contributed by atoms with Crippen molar-refractivity contribution in [1.29, 1.82) is 0 Å². The second-order valence-corrected chi connectivity index (χ2v) is 5.14. The van der Waals surface area contributed by atoms with Crippen molar-refractivity contribution in [2.75, 3.05) is 13.2 Å². The predicted octanol–water partition coefficient (Wildman–Crippen LogP) is 3.53. The first kappa shape index (κ1) is 13.9. The molecular weight excluding hydrogens is 258 g/mol. The predicted molar refractivity (Wildman–Crippen MR) is 79.1 cm³/mol. The molecule has 1 aromatic heterocycles. The fourth-order valence-corrected chi connectivity index (χ4v) is 2.87. The lowest BCUT2D eigenvalue weighted by Gasteiger charge is -2.19. The van der Waals surface area contributed by atoms with Crippen LogP contribution >= 0.6 is 11.3 Å². The van der Waals surface area contributed by atoms with Gasteiger partial charge in [0, 0.05) is 11.4 Å². The topological polar surface area (TPSA) is 44.5 Å². The van der Waals surface area contributed by atoms with Crippen LogP contribution in [-0.4, -0.2) is 13.2 Å². The fourth-order valence-electron chi connectivity index (χ4n) is 1.90. The third-order valence-corrected chi connectivity index (χ3v) is 3.94. The van der Waals surface area contributed by atoms with E-state index in [9.17, 15) is 0 Å². The lowest BCUT2D eigenvalue weighted by Crippen LogP contribution is -2.18. The molecule has 19 heavy (non-hydrogen) atoms. The van der Waals surface area contributed by atoms with Crippen LogP contribution in [0.4, 0.5) is 0 Å². The molecule has 0 radical (unpaired) electrons. The molecule has 102 valence electrons. The van der Waals surface area contributed by atoms with E-state index in [0.717, 1.165) is 11.5 Å². The minimum atomic E-state index is -0.124. The van der Waals surface area contributed by atoms with Crippen molar-refractivity contribution in [3.63, 3.8) is 0 Å². The average Bonchev–Trinajstić information content (AvgIpc) is 2.84. The highest BCUT2D eigenvalue weighted by molar-refractivity contribution is 7.10. The van der Waals surface area contributed by atoms with Gasteiger partial charge in [0.15, 0.2) is 11.5 Å². The fraction of sp³-hybridized carbons (Fsp3) is 0.333. The van der Waals surface area contributed by atoms with E-state index in [1.54, 1.807) is 11.3 Å². The molecule has 0 saturated carbocycles. The molecule has 4 heteroatoms. The van der Waals surface area contributed by atoms with Gasteiger partial charge in [-0.2, -0.15) is 0 Å². The number of para-hydroxylation sites is 2. The van der Waals surface area contributed by atoms with Crippen molar-refractivity contribution >= 4 is 11.3 Å². The maximum Gasteiger partial charge on any atom is 0.162 e. The van der Waals surface area contributed by atoms with Crippen molar-refractivity contribution < 1.29 is 9.47 Å². The van der Waals surface area contributed by atoms with E-state index in [0.29, 0.717) is 13.2 Å². The van der Waals surface area contributed by atoms with Crippen LogP contribution in [0.15, 0.2) is 35.7 Å². The third-order valence-electron chi connectivity index (χ3n) is 2.83. The minimum Gasteiger partial charge on any atom is -0.490 e. The average molecular weight is 277 g/mol. The molecule has 1 heterocycles. The number of rotatable bonds is 6. The molecule has 2 aromatic rings. The van der Waals surface area contributed by atoms with Crippen LogP contribution in [0.25, 0.3) is 0 Å². The molecule has 0 aliphatic carbocycles. The Bertz CT molecular complexity index is 524. The Morgan fingerprint density at radius 2 is 1.95 bits per heavy atom. The Morgan fingerprint density at radius 3 is 2.53 bits per heavy atom. The van der Waals surface area contributed by atoms with E-state index in [1.807, 2.05) is 31.2 Å². The zero-order valence-electron chi connectivity index (χ0n) is 11.3. The Labute approximate surface area is 118 Å². The highest BCUT2D eigenvalue weighted by Gasteiger charge is 2.17. The Morgan fingerprint density at radius 1 is 1.21 bits per heavy atom. The number of nitrogens with two attached hydrogens (primary N) is 1. The van der Waals surface area contributed by atoms with Crippen molar-refractivity contribution in [3.8, 4) is 11.5 Å². The molecule has 1 atom stereocenters. The summed E-state index contributed by atoms with van der Waals surface area (Å²) in [6, 6.07) is 9.78. The summed E-state index contributed by atoms with van der Waals surface area (Å²) in [5.74, 6) is 1.50. The van der Waals surface area contributed by atoms with E-state index in [1.165, 1.54) is 10.4 Å². The quantitative estimate of drug-likeness (QED) is 0.878. The first-order valence-electron chi connectivity index (χ1n) is 6.38. The van der Waals surface area contributed by atoms with Crippen LogP contribution in [0.1, 0.15) is 23.5 Å². The van der Waals surface area contributed by atoms with Crippen LogP contribution in [0.5, 0.6) is 11.5 Å². The van der Waals surface area contributed by atoms with Gasteiger partial charge in [0.2, 0.25) is 0 Å². The van der Waals surface area contributed by atoms with Gasteiger partial charge in [-0.3, -0.25) is 0 Å². The molecule has 0 amide bonds. The van der Waals surface area contributed by atoms with Crippen LogP contribution in [0, 0.1) is 6.92 Å². The van der Waals surface area contributed by atoms with Gasteiger partial charge < -0.3 is 15.2 Å². The molecule has 0 saturated heterocycles. The Balaban J connectivity index is 2.21. The number of thiophene rings is 1. The van der Waals surface area contributed by atoms with Crippen molar-refractivity contribution in [2.45, 2.75) is 20.0 Å². The summed E-state index contributed by atoms with van der Waals surface area (Å²) in [5.41, 5.74) is 7.06. The second-order valence-electron chi connectivity index (χ2n) is 4.19. The maximum atomic E-state index is 6.03. The number of hydrogen-bond acceptors (Lipinski definition) is 4. The summed E-state index contributed by atoms with van der Waals surface area (Å²) >= 11 is 1.67. The standard InChI is InChI=1S/C15H19NO2S/c1-3-17-12-6-4-5-7-13(12)18-14(10-16)15-11(2)8-9-19-15/h4-9,14H,3,10,16H2,1-2H3. The summed E-state index contributed by atoms with van der Waals surface area (Å²) in [5, 5.41) is 2.06. The van der Waals surface area contributed by atoms with Crippen molar-refractivity contribution in [2.24, 2.45) is 5.73 Å². The smallest absolute Gasteiger partial charge is 0.162 e. The largest absolute Gasteiger partial charge is 0.490 e. The lowest BCUT2D eigenvalue weighted by molar-refractivity contribution is 0.203. The maximum absolute atomic E-state index is 6.03. The molecule has 1 aromatic carbocycles. The molecule has 0 fully saturated rings. The summed E-state index contributed by atoms with van der Waals surface area (Å²) in [6.07, 6.45) is -0.124. The second kappa shape index (κ2) is 6.59. The minimum absolute atomic E-state index is 0.124. The normalized spacial score (nSPS) is 12.2. The van der Waals surface area contributed by atoms with Crippen LogP contribution in [0.3, 0.4) is 0 Å². The first-order chi connectivity index (χ1) is 9.26. The van der Waals surface area contributed by atoms with Gasteiger partial charge in [0.05, 0.1) is 6.61 Å². The van der Waals surface area contributed by atoms with Crippen molar-refractivity contribution in [3.05, 3.63) is 46.2 Å². The van der Waals surface area contributed by atoms with Gasteiger partial charge in [0.25, 0.3) is 0 Å². The van der Waals surface area contributed by atoms with Gasteiger partial charge >= 0.3 is 0 Å². The number of ether oxygens (including phenoxy) is 2. The number of aryl methyl sites for hydroxylation is 1. The molecule has 0 aliphatic rings. The van der Waals surface area contributed by atoms with Gasteiger partial charge in [-0.15, -0.1) is 11.3 Å². The van der Waals surface area contributed by atoms with Gasteiger partial charge in [0.1, 0.15) is 6.10 Å². The molecule has 0 bridgehead atoms. The summed E-state index contributed by atoms with van der Waals surface area (Å²) in [6.45, 7) is 5.10. The van der Waals surface area contributed by atoms with E-state index in [4.69, 9.17) is 15.2 Å². The molecule has 0 spiro atoms. The molecule has 2 N–H and O–H groups in total. The van der Waals surface area contributed by atoms with E-state index in [-0.39, 0.29) is 6.10 Å². The summed E-state index contributed by atoms with van der Waals surface area (Å²) < 4.78 is 11.6. The van der Waals surface area contributed by atoms with Crippen LogP contribution < -0.4 is 15.2 Å². The molecular formula is C15H19NO2S. The van der Waals surface area contributed by atoms with Gasteiger partial charge in [-0.1, -0.05) is 12.1 Å². The highest BCUT2D eigenvalue weighted by Crippen LogP contribution is 2.33. The van der Waals surface area contributed by atoms with Gasteiger partial charge in [-0.25, -0.2) is 0 Å². The summed E-state index contributed by atoms with van der Waals surface area (Å²) in [7, 11) is 0. The first-order valence-corrected chi connectivity index (χ1v) is 7.26. The summed E-state index contributed by atoms with van der Waals surface area (Å²) in [4.78, 5) is 1.17. The Hall–Kier alpha value is -1.52. The monoisotopic (exact) mass is 277 g/mol. The zero-order valence-corrected chi connectivity index (χ0v) is 12.1. The highest BCUT2D eigenvalue weighted by atomic mass is 32.1. The van der Waals surface area contributed by atoms with Crippen LogP contribution in [-0.2, 0) is 0 Å². The molecule has 2 rings (SSSR count). The zero-order chi connectivity index (χ0) is 13.7. The van der Waals surface area contributed by atoms with E-state index < -0.39 is 0 Å².